The molecule has 1 saturated heterocycles. The second-order valence-corrected chi connectivity index (χ2v) is 8.87. The average molecular weight is 429 g/mol. The summed E-state index contributed by atoms with van der Waals surface area (Å²) >= 11 is 0. The van der Waals surface area contributed by atoms with E-state index in [1.807, 2.05) is 0 Å². The van der Waals surface area contributed by atoms with Crippen LogP contribution >= 0.6 is 0 Å². The van der Waals surface area contributed by atoms with Crippen molar-refractivity contribution in [2.75, 3.05) is 18.6 Å². The van der Waals surface area contributed by atoms with Gasteiger partial charge in [0, 0.05) is 0 Å². The van der Waals surface area contributed by atoms with Gasteiger partial charge in [0.05, 0.1) is 24.6 Å². The van der Waals surface area contributed by atoms with E-state index in [0.717, 1.165) is 17.7 Å². The average Bonchev–Trinajstić information content (AvgIpc) is 3.61. The Labute approximate surface area is 186 Å². The maximum absolute atomic E-state index is 13.1. The molecule has 3 unspecified atom stereocenters. The molecule has 2 amide bonds. The molecular weight excluding hydrogens is 406 g/mol. The van der Waals surface area contributed by atoms with E-state index >= 15 is 0 Å². The van der Waals surface area contributed by atoms with Gasteiger partial charge in [-0.2, -0.15) is 0 Å². The SMILES string of the molecule is COc1ccc(C(O)COc2ccc(N3C(=O)[C]4[C](C3=O)[C@@H]3C=C[C@H]4C4CC43)cc2)cc1. The Kier molecular flexibility index (Phi) is 4.40. The third-order valence-electron chi connectivity index (χ3n) is 7.17. The van der Waals surface area contributed by atoms with Crippen LogP contribution in [-0.4, -0.2) is 30.6 Å². The highest BCUT2D eigenvalue weighted by Gasteiger charge is 2.68. The van der Waals surface area contributed by atoms with Crippen molar-refractivity contribution in [3.63, 3.8) is 0 Å². The summed E-state index contributed by atoms with van der Waals surface area (Å²) < 4.78 is 10.8. The number of allylic oxidation sites excluding steroid dienone is 2. The number of carbonyl (C=O) groups excluding carboxylic acids is 2. The fraction of sp³-hybridized carbons (Fsp3) is 0.308. The largest absolute Gasteiger partial charge is 0.497 e. The maximum Gasteiger partial charge on any atom is 0.242 e. The second kappa shape index (κ2) is 7.20. The number of imide groups is 1. The molecule has 2 saturated carbocycles. The number of benzene rings is 2. The number of aliphatic hydroxyl groups is 1. The lowest BCUT2D eigenvalue weighted by atomic mass is 9.63. The number of carbonyl (C=O) groups is 2. The standard InChI is InChI=1S/C26H23NO5/c1-31-16-6-2-14(3-7-16)22(28)13-32-17-8-4-15(5-9-17)27-25(29)23-18-10-11-19(21-12-20(18)21)24(23)26(27)30/h2-11,18-22,28H,12-13H2,1H3/t18-,19+,20?,21?,22?. The number of hydrogen-bond donors (Lipinski definition) is 1. The quantitative estimate of drug-likeness (QED) is 0.563. The summed E-state index contributed by atoms with van der Waals surface area (Å²) in [4.78, 5) is 27.6. The number of ether oxygens (including phenoxy) is 2. The van der Waals surface area contributed by atoms with E-state index < -0.39 is 6.10 Å². The molecule has 5 aliphatic rings. The molecule has 1 aliphatic heterocycles. The molecule has 7 rings (SSSR count). The van der Waals surface area contributed by atoms with Crippen molar-refractivity contribution in [3.05, 3.63) is 78.1 Å². The Morgan fingerprint density at radius 3 is 2.03 bits per heavy atom. The van der Waals surface area contributed by atoms with Gasteiger partial charge in [0.1, 0.15) is 24.2 Å². The lowest BCUT2D eigenvalue weighted by Gasteiger charge is -2.36. The van der Waals surface area contributed by atoms with Gasteiger partial charge in [-0.15, -0.1) is 0 Å². The van der Waals surface area contributed by atoms with E-state index in [0.29, 0.717) is 35.1 Å². The monoisotopic (exact) mass is 429 g/mol. The Hall–Kier alpha value is -3.12. The van der Waals surface area contributed by atoms with Crippen LogP contribution in [0.3, 0.4) is 0 Å². The van der Waals surface area contributed by atoms with Crippen molar-refractivity contribution >= 4 is 17.5 Å². The fourth-order valence-corrected chi connectivity index (χ4v) is 5.44. The minimum Gasteiger partial charge on any atom is -0.497 e. The van der Waals surface area contributed by atoms with E-state index in [4.69, 9.17) is 9.47 Å². The van der Waals surface area contributed by atoms with Gasteiger partial charge in [-0.05, 0) is 72.1 Å². The van der Waals surface area contributed by atoms with Crippen LogP contribution in [0.2, 0.25) is 0 Å². The van der Waals surface area contributed by atoms with Crippen LogP contribution in [0.4, 0.5) is 5.69 Å². The number of nitrogens with zero attached hydrogens (tertiary/aromatic N) is 1. The first kappa shape index (κ1) is 19.6. The van der Waals surface area contributed by atoms with E-state index in [1.54, 1.807) is 55.6 Å². The molecule has 6 nitrogen and oxygen atoms in total. The molecule has 2 aromatic carbocycles. The molecule has 0 spiro atoms. The van der Waals surface area contributed by atoms with Gasteiger partial charge >= 0.3 is 0 Å². The van der Waals surface area contributed by atoms with Gasteiger partial charge in [0.2, 0.25) is 11.8 Å². The number of hydrogen-bond acceptors (Lipinski definition) is 5. The highest BCUT2D eigenvalue weighted by Crippen LogP contribution is 2.67. The van der Waals surface area contributed by atoms with Gasteiger partial charge in [-0.3, -0.25) is 9.59 Å². The zero-order chi connectivity index (χ0) is 22.0. The number of methoxy groups -OCH3 is 1. The van der Waals surface area contributed by atoms with Gasteiger partial charge in [-0.1, -0.05) is 24.3 Å². The zero-order valence-electron chi connectivity index (χ0n) is 17.6. The zero-order valence-corrected chi connectivity index (χ0v) is 17.6. The van der Waals surface area contributed by atoms with Crippen molar-refractivity contribution in [2.24, 2.45) is 23.7 Å². The molecule has 2 radical (unpaired) electrons. The second-order valence-electron chi connectivity index (χ2n) is 8.87. The van der Waals surface area contributed by atoms with Crippen molar-refractivity contribution in [1.29, 1.82) is 0 Å². The van der Waals surface area contributed by atoms with Crippen molar-refractivity contribution < 1.29 is 24.2 Å². The summed E-state index contributed by atoms with van der Waals surface area (Å²) in [6.45, 7) is 0.0842. The third kappa shape index (κ3) is 2.89. The summed E-state index contributed by atoms with van der Waals surface area (Å²) in [6, 6.07) is 14.0. The van der Waals surface area contributed by atoms with Crippen LogP contribution in [0, 0.1) is 35.5 Å². The number of amides is 2. The molecule has 3 fully saturated rings. The van der Waals surface area contributed by atoms with Gasteiger partial charge in [0.25, 0.3) is 0 Å². The van der Waals surface area contributed by atoms with Gasteiger partial charge in [-0.25, -0.2) is 4.90 Å². The van der Waals surface area contributed by atoms with Gasteiger partial charge < -0.3 is 14.6 Å². The van der Waals surface area contributed by atoms with Crippen LogP contribution < -0.4 is 14.4 Å². The van der Waals surface area contributed by atoms with Crippen LogP contribution in [0.15, 0.2) is 60.7 Å². The Bertz CT molecular complexity index is 1060. The number of anilines is 1. The molecular formula is C26H23NO5. The van der Waals surface area contributed by atoms with Crippen molar-refractivity contribution in [2.45, 2.75) is 12.5 Å². The molecule has 1 N–H and O–H groups in total. The molecule has 5 atom stereocenters. The minimum atomic E-state index is -0.785. The molecule has 6 heteroatoms. The predicted octanol–water partition coefficient (Wildman–Crippen LogP) is 3.28. The Morgan fingerprint density at radius 2 is 1.47 bits per heavy atom. The first-order valence-electron chi connectivity index (χ1n) is 10.9. The lowest BCUT2D eigenvalue weighted by Crippen LogP contribution is -2.37. The molecule has 4 aliphatic carbocycles. The van der Waals surface area contributed by atoms with Crippen LogP contribution in [0.5, 0.6) is 11.5 Å². The molecule has 1 heterocycles. The molecule has 2 bridgehead atoms. The third-order valence-corrected chi connectivity index (χ3v) is 7.17. The predicted molar refractivity (Wildman–Crippen MR) is 117 cm³/mol. The highest BCUT2D eigenvalue weighted by molar-refractivity contribution is 6.34. The lowest BCUT2D eigenvalue weighted by molar-refractivity contribution is -0.120. The van der Waals surface area contributed by atoms with E-state index in [2.05, 4.69) is 12.2 Å². The Morgan fingerprint density at radius 1 is 0.906 bits per heavy atom. The Balaban J connectivity index is 1.13. The smallest absolute Gasteiger partial charge is 0.242 e. The van der Waals surface area contributed by atoms with E-state index in [9.17, 15) is 14.7 Å². The molecule has 32 heavy (non-hydrogen) atoms. The summed E-state index contributed by atoms with van der Waals surface area (Å²) in [7, 11) is 1.59. The number of rotatable bonds is 6. The van der Waals surface area contributed by atoms with E-state index in [-0.39, 0.29) is 30.3 Å². The first-order valence-corrected chi connectivity index (χ1v) is 10.9. The van der Waals surface area contributed by atoms with Crippen molar-refractivity contribution in [1.82, 2.24) is 0 Å². The topological polar surface area (TPSA) is 76.1 Å². The molecule has 2 aromatic rings. The summed E-state index contributed by atoms with van der Waals surface area (Å²) in [5, 5.41) is 10.4. The van der Waals surface area contributed by atoms with Gasteiger partial charge in [0.15, 0.2) is 0 Å². The minimum absolute atomic E-state index is 0.0842. The van der Waals surface area contributed by atoms with Crippen LogP contribution in [0.1, 0.15) is 18.1 Å². The number of aliphatic hydroxyl groups excluding tert-OH is 1. The first-order chi connectivity index (χ1) is 15.6. The summed E-state index contributed by atoms with van der Waals surface area (Å²) in [5.41, 5.74) is 1.28. The van der Waals surface area contributed by atoms with Crippen LogP contribution in [0.25, 0.3) is 0 Å². The van der Waals surface area contributed by atoms with Crippen LogP contribution in [-0.2, 0) is 9.59 Å². The fourth-order valence-electron chi connectivity index (χ4n) is 5.44. The molecule has 0 aromatic heterocycles. The van der Waals surface area contributed by atoms with Crippen molar-refractivity contribution in [3.8, 4) is 11.5 Å². The maximum atomic E-state index is 13.1. The summed E-state index contributed by atoms with van der Waals surface area (Å²) in [5.74, 6) is 3.61. The normalized spacial score (nSPS) is 29.1. The van der Waals surface area contributed by atoms with E-state index in [1.165, 1.54) is 4.90 Å². The summed E-state index contributed by atoms with van der Waals surface area (Å²) in [6.07, 6.45) is 4.58. The molecule has 162 valence electrons. The highest BCUT2D eigenvalue weighted by atomic mass is 16.5.